The van der Waals surface area contributed by atoms with Gasteiger partial charge in [-0.05, 0) is 25.7 Å². The highest BCUT2D eigenvalue weighted by molar-refractivity contribution is 5.07. The van der Waals surface area contributed by atoms with Crippen LogP contribution in [0, 0.1) is 5.92 Å². The highest BCUT2D eigenvalue weighted by Gasteiger charge is 2.27. The zero-order valence-electron chi connectivity index (χ0n) is 10.1. The largest absolute Gasteiger partial charge is 0.389 e. The van der Waals surface area contributed by atoms with Crippen LogP contribution >= 0.6 is 0 Å². The van der Waals surface area contributed by atoms with E-state index in [1.807, 2.05) is 24.7 Å². The van der Waals surface area contributed by atoms with Gasteiger partial charge in [-0.25, -0.2) is 0 Å². The van der Waals surface area contributed by atoms with Crippen LogP contribution in [0.1, 0.15) is 58.2 Å². The summed E-state index contributed by atoms with van der Waals surface area (Å²) in [4.78, 5) is 0. The SMILES string of the molecule is CC.CC1CC(n2cc([C@@H](C)O)cn2)C1. The molecule has 0 unspecified atom stereocenters. The molecule has 1 heterocycles. The van der Waals surface area contributed by atoms with E-state index in [2.05, 4.69) is 12.0 Å². The first-order chi connectivity index (χ1) is 7.16. The van der Waals surface area contributed by atoms with Gasteiger partial charge in [-0.1, -0.05) is 20.8 Å². The Bertz CT molecular complexity index is 288. The van der Waals surface area contributed by atoms with Crippen molar-refractivity contribution in [1.82, 2.24) is 9.78 Å². The van der Waals surface area contributed by atoms with Crippen LogP contribution in [0.5, 0.6) is 0 Å². The van der Waals surface area contributed by atoms with Gasteiger partial charge in [-0.3, -0.25) is 4.68 Å². The molecule has 15 heavy (non-hydrogen) atoms. The van der Waals surface area contributed by atoms with E-state index in [-0.39, 0.29) is 0 Å². The standard InChI is InChI=1S/C10H16N2O.C2H6/c1-7-3-10(4-7)12-6-9(5-11-12)8(2)13;1-2/h5-8,10,13H,3-4H2,1-2H3;1-2H3/t7?,8-,10?;/m1./s1. The van der Waals surface area contributed by atoms with Gasteiger partial charge < -0.3 is 5.11 Å². The second-order valence-corrected chi connectivity index (χ2v) is 4.16. The van der Waals surface area contributed by atoms with Gasteiger partial charge in [0.15, 0.2) is 0 Å². The van der Waals surface area contributed by atoms with E-state index < -0.39 is 6.10 Å². The highest BCUT2D eigenvalue weighted by atomic mass is 16.3. The van der Waals surface area contributed by atoms with Crippen LogP contribution in [-0.4, -0.2) is 14.9 Å². The van der Waals surface area contributed by atoms with Crippen LogP contribution in [0.2, 0.25) is 0 Å². The summed E-state index contributed by atoms with van der Waals surface area (Å²) in [6.45, 7) is 8.03. The molecule has 1 saturated carbocycles. The summed E-state index contributed by atoms with van der Waals surface area (Å²) in [6, 6.07) is 0.572. The lowest BCUT2D eigenvalue weighted by molar-refractivity contribution is 0.193. The molecular weight excluding hydrogens is 188 g/mol. The van der Waals surface area contributed by atoms with E-state index in [1.54, 1.807) is 13.1 Å². The van der Waals surface area contributed by atoms with Crippen molar-refractivity contribution >= 4 is 0 Å². The molecule has 0 radical (unpaired) electrons. The van der Waals surface area contributed by atoms with Gasteiger partial charge >= 0.3 is 0 Å². The first kappa shape index (κ1) is 12.2. The Kier molecular flexibility index (Phi) is 4.33. The van der Waals surface area contributed by atoms with Gasteiger partial charge in [-0.15, -0.1) is 0 Å². The fourth-order valence-electron chi connectivity index (χ4n) is 1.84. The van der Waals surface area contributed by atoms with Crippen LogP contribution in [-0.2, 0) is 0 Å². The molecular formula is C12H22N2O. The highest BCUT2D eigenvalue weighted by Crippen LogP contribution is 2.36. The number of hydrogen-bond acceptors (Lipinski definition) is 2. The first-order valence-electron chi connectivity index (χ1n) is 5.89. The Morgan fingerprint density at radius 2 is 2.07 bits per heavy atom. The molecule has 3 nitrogen and oxygen atoms in total. The fraction of sp³-hybridized carbons (Fsp3) is 0.750. The van der Waals surface area contributed by atoms with Gasteiger partial charge in [0.05, 0.1) is 18.3 Å². The molecule has 2 rings (SSSR count). The minimum absolute atomic E-state index is 0.397. The van der Waals surface area contributed by atoms with E-state index >= 15 is 0 Å². The molecule has 1 aliphatic carbocycles. The van der Waals surface area contributed by atoms with Crippen molar-refractivity contribution in [3.8, 4) is 0 Å². The van der Waals surface area contributed by atoms with Crippen molar-refractivity contribution in [3.63, 3.8) is 0 Å². The van der Waals surface area contributed by atoms with Crippen LogP contribution in [0.3, 0.4) is 0 Å². The van der Waals surface area contributed by atoms with Crippen LogP contribution < -0.4 is 0 Å². The molecule has 0 aromatic carbocycles. The Hall–Kier alpha value is -0.830. The summed E-state index contributed by atoms with van der Waals surface area (Å²) in [7, 11) is 0. The number of nitrogens with zero attached hydrogens (tertiary/aromatic N) is 2. The minimum Gasteiger partial charge on any atom is -0.389 e. The lowest BCUT2D eigenvalue weighted by atomic mass is 9.82. The summed E-state index contributed by atoms with van der Waals surface area (Å²) < 4.78 is 1.99. The summed E-state index contributed by atoms with van der Waals surface area (Å²) >= 11 is 0. The summed E-state index contributed by atoms with van der Waals surface area (Å²) in [5, 5.41) is 13.6. The third kappa shape index (κ3) is 2.81. The van der Waals surface area contributed by atoms with E-state index in [0.717, 1.165) is 11.5 Å². The Labute approximate surface area is 92.1 Å². The number of aliphatic hydroxyl groups excluding tert-OH is 1. The normalized spacial score (nSPS) is 26.2. The van der Waals surface area contributed by atoms with Crippen molar-refractivity contribution < 1.29 is 5.11 Å². The van der Waals surface area contributed by atoms with Crippen molar-refractivity contribution in [3.05, 3.63) is 18.0 Å². The molecule has 86 valence electrons. The van der Waals surface area contributed by atoms with E-state index in [0.29, 0.717) is 6.04 Å². The predicted molar refractivity (Wildman–Crippen MR) is 61.6 cm³/mol. The molecule has 1 aromatic rings. The van der Waals surface area contributed by atoms with Crippen LogP contribution in [0.25, 0.3) is 0 Å². The summed E-state index contributed by atoms with van der Waals surface area (Å²) in [6.07, 6.45) is 5.77. The fourth-order valence-corrected chi connectivity index (χ4v) is 1.84. The molecule has 1 aliphatic rings. The van der Waals surface area contributed by atoms with Gasteiger partial charge in [0, 0.05) is 11.8 Å². The summed E-state index contributed by atoms with van der Waals surface area (Å²) in [5.41, 5.74) is 0.916. The molecule has 1 atom stereocenters. The Morgan fingerprint density at radius 1 is 1.47 bits per heavy atom. The topological polar surface area (TPSA) is 38.0 Å². The predicted octanol–water partition coefficient (Wildman–Crippen LogP) is 2.93. The Morgan fingerprint density at radius 3 is 2.47 bits per heavy atom. The van der Waals surface area contributed by atoms with Gasteiger partial charge in [0.25, 0.3) is 0 Å². The maximum absolute atomic E-state index is 9.31. The molecule has 1 N–H and O–H groups in total. The molecule has 0 bridgehead atoms. The maximum Gasteiger partial charge on any atom is 0.0792 e. The Balaban J connectivity index is 0.000000531. The van der Waals surface area contributed by atoms with Crippen molar-refractivity contribution in [2.24, 2.45) is 5.92 Å². The van der Waals surface area contributed by atoms with Gasteiger partial charge in [-0.2, -0.15) is 5.10 Å². The average Bonchev–Trinajstić information content (AvgIpc) is 2.65. The quantitative estimate of drug-likeness (QED) is 0.815. The van der Waals surface area contributed by atoms with E-state index in [9.17, 15) is 5.11 Å². The second kappa shape index (κ2) is 5.31. The minimum atomic E-state index is -0.397. The van der Waals surface area contributed by atoms with Gasteiger partial charge in [0.1, 0.15) is 0 Å². The van der Waals surface area contributed by atoms with E-state index in [1.165, 1.54) is 12.8 Å². The van der Waals surface area contributed by atoms with Crippen LogP contribution in [0.15, 0.2) is 12.4 Å². The molecule has 0 spiro atoms. The molecule has 1 fully saturated rings. The van der Waals surface area contributed by atoms with Crippen molar-refractivity contribution in [1.29, 1.82) is 0 Å². The molecule has 3 heteroatoms. The number of aliphatic hydroxyl groups is 1. The lowest BCUT2D eigenvalue weighted by Crippen LogP contribution is -2.24. The smallest absolute Gasteiger partial charge is 0.0792 e. The number of rotatable bonds is 2. The molecule has 0 amide bonds. The molecule has 1 aromatic heterocycles. The maximum atomic E-state index is 9.31. The number of aromatic nitrogens is 2. The molecule has 0 saturated heterocycles. The van der Waals surface area contributed by atoms with Gasteiger partial charge in [0.2, 0.25) is 0 Å². The molecule has 0 aliphatic heterocycles. The lowest BCUT2D eigenvalue weighted by Gasteiger charge is -2.32. The zero-order valence-corrected chi connectivity index (χ0v) is 10.1. The van der Waals surface area contributed by atoms with Crippen molar-refractivity contribution in [2.45, 2.75) is 52.7 Å². The van der Waals surface area contributed by atoms with Crippen molar-refractivity contribution in [2.75, 3.05) is 0 Å². The van der Waals surface area contributed by atoms with E-state index in [4.69, 9.17) is 0 Å². The number of hydrogen-bond donors (Lipinski definition) is 1. The third-order valence-corrected chi connectivity index (χ3v) is 2.83. The second-order valence-electron chi connectivity index (χ2n) is 4.16. The zero-order chi connectivity index (χ0) is 11.4. The summed E-state index contributed by atoms with van der Waals surface area (Å²) in [5.74, 6) is 0.837. The average molecular weight is 210 g/mol. The monoisotopic (exact) mass is 210 g/mol. The first-order valence-corrected chi connectivity index (χ1v) is 5.89. The third-order valence-electron chi connectivity index (χ3n) is 2.83. The van der Waals surface area contributed by atoms with Crippen LogP contribution in [0.4, 0.5) is 0 Å².